The summed E-state index contributed by atoms with van der Waals surface area (Å²) in [7, 11) is 3.52. The highest BCUT2D eigenvalue weighted by atomic mass is 16.5. The molecule has 0 fully saturated rings. The Balaban J connectivity index is 2.04. The van der Waals surface area contributed by atoms with E-state index in [4.69, 9.17) is 14.2 Å². The van der Waals surface area contributed by atoms with Crippen LogP contribution in [0.25, 0.3) is 49.2 Å². The van der Waals surface area contributed by atoms with E-state index in [2.05, 4.69) is 5.32 Å². The van der Waals surface area contributed by atoms with Crippen LogP contribution in [0.2, 0.25) is 0 Å². The fourth-order valence-electron chi connectivity index (χ4n) is 7.97. The number of ether oxygens (including phenoxy) is 3. The molecule has 272 valence electrons. The molecule has 1 aliphatic carbocycles. The Labute approximate surface area is 295 Å². The number of fused-ring (bicyclic) bond motifs is 1. The van der Waals surface area contributed by atoms with E-state index in [-0.39, 0.29) is 94.5 Å². The normalized spacial score (nSPS) is 15.2. The Kier molecular flexibility index (Phi) is 9.53. The Bertz CT molecular complexity index is 2470. The summed E-state index contributed by atoms with van der Waals surface area (Å²) in [6.45, 7) is 0.257. The summed E-state index contributed by atoms with van der Waals surface area (Å²) in [5, 5.41) is 57.8. The van der Waals surface area contributed by atoms with Gasteiger partial charge in [-0.3, -0.25) is 19.2 Å². The van der Waals surface area contributed by atoms with Crippen molar-refractivity contribution in [3.8, 4) is 11.5 Å². The van der Waals surface area contributed by atoms with Crippen molar-refractivity contribution in [3.05, 3.63) is 66.0 Å². The molecule has 0 heterocycles. The number of hydrogen-bond donors (Lipinski definition) is 6. The summed E-state index contributed by atoms with van der Waals surface area (Å²) < 4.78 is 15.5. The molecule has 6 N–H and O–H groups in total. The summed E-state index contributed by atoms with van der Waals surface area (Å²) in [6, 6.07) is 1.19. The third kappa shape index (κ3) is 5.12. The molecule has 5 aromatic rings. The molecule has 0 bridgehead atoms. The van der Waals surface area contributed by atoms with Gasteiger partial charge in [0.2, 0.25) is 5.43 Å². The standard InChI is InChI=1S/C38H37NO13/c1-14-6-19-20(7-18(12-42)37(48)51-4)34(46)29-23(45)9-17(11-41)26-25-16(10-40)8-21(39-22(13-43)38(49)52-5)28-31(25)32(27(19)30(26)29)33(24(14)15(2)44)36(50-3)35(28)47/h6,8-9,18,22,24,39-43,46H,7,10-13H2,1-5H3. The second-order valence-electron chi connectivity index (χ2n) is 12.9. The van der Waals surface area contributed by atoms with E-state index in [1.54, 1.807) is 13.0 Å². The number of rotatable bonds is 12. The maximum atomic E-state index is 14.7. The Morgan fingerprint density at radius 1 is 0.808 bits per heavy atom. The van der Waals surface area contributed by atoms with E-state index >= 15 is 0 Å². The van der Waals surface area contributed by atoms with Gasteiger partial charge in [0.25, 0.3) is 0 Å². The highest BCUT2D eigenvalue weighted by Gasteiger charge is 2.37. The van der Waals surface area contributed by atoms with Gasteiger partial charge in [-0.25, -0.2) is 4.79 Å². The molecule has 14 heteroatoms. The number of carbonyl (C=O) groups excluding carboxylic acids is 3. The van der Waals surface area contributed by atoms with Gasteiger partial charge in [0, 0.05) is 27.6 Å². The molecule has 0 amide bonds. The number of phenols is 1. The SMILES string of the molecule is COC(=O)C(CO)Cc1c(O)c2c(=O)cc(CO)c3c4c(CO)cc(NC(CO)C(=O)OC)c5c(=O)c(OC)c6c(c(c1C=C(C)C6C(C)=O)c23)c54. The van der Waals surface area contributed by atoms with Crippen molar-refractivity contribution in [2.75, 3.05) is 39.9 Å². The molecule has 0 saturated carbocycles. The lowest BCUT2D eigenvalue weighted by Crippen LogP contribution is -2.34. The molecule has 3 atom stereocenters. The lowest BCUT2D eigenvalue weighted by Gasteiger charge is -2.26. The number of benzene rings is 5. The summed E-state index contributed by atoms with van der Waals surface area (Å²) in [5.74, 6) is -5.04. The molecular weight excluding hydrogens is 678 g/mol. The number of methoxy groups -OCH3 is 3. The van der Waals surface area contributed by atoms with Crippen LogP contribution in [0.1, 0.15) is 47.6 Å². The van der Waals surface area contributed by atoms with Gasteiger partial charge < -0.3 is 45.1 Å². The highest BCUT2D eigenvalue weighted by molar-refractivity contribution is 6.39. The number of nitrogens with one attached hydrogen (secondary N) is 1. The molecule has 14 nitrogen and oxygen atoms in total. The summed E-state index contributed by atoms with van der Waals surface area (Å²) in [6.07, 6.45) is 1.32. The van der Waals surface area contributed by atoms with E-state index in [0.29, 0.717) is 5.57 Å². The number of aliphatic hydroxyl groups is 4. The Hall–Kier alpha value is -5.41. The van der Waals surface area contributed by atoms with Gasteiger partial charge in [0.15, 0.2) is 11.2 Å². The van der Waals surface area contributed by atoms with Gasteiger partial charge in [-0.05, 0) is 70.6 Å². The minimum Gasteiger partial charge on any atom is -0.507 e. The topological polar surface area (TPSA) is 226 Å². The van der Waals surface area contributed by atoms with Gasteiger partial charge in [-0.2, -0.15) is 0 Å². The van der Waals surface area contributed by atoms with Crippen LogP contribution in [-0.4, -0.2) is 83.8 Å². The average Bonchev–Trinajstić information content (AvgIpc) is 3.26. The number of Topliss-reactive ketones (excluding diaryl/α,β-unsaturated/α-hetero) is 1. The number of anilines is 1. The second-order valence-corrected chi connectivity index (χ2v) is 12.9. The molecule has 0 aliphatic heterocycles. The van der Waals surface area contributed by atoms with Gasteiger partial charge in [0.1, 0.15) is 17.6 Å². The Morgan fingerprint density at radius 3 is 1.96 bits per heavy atom. The number of aliphatic hydroxyl groups excluding tert-OH is 4. The summed E-state index contributed by atoms with van der Waals surface area (Å²) in [5.41, 5.74) is -0.199. The number of allylic oxidation sites excluding steroid dienone is 1. The smallest absolute Gasteiger partial charge is 0.330 e. The van der Waals surface area contributed by atoms with Crippen LogP contribution in [0, 0.1) is 5.92 Å². The predicted octanol–water partition coefficient (Wildman–Crippen LogP) is 1.95. The second kappa shape index (κ2) is 13.6. The number of ketones is 1. The third-order valence-electron chi connectivity index (χ3n) is 10.1. The van der Waals surface area contributed by atoms with E-state index in [1.165, 1.54) is 20.1 Å². The van der Waals surface area contributed by atoms with Crippen LogP contribution < -0.4 is 20.9 Å². The first kappa shape index (κ1) is 36.4. The number of esters is 2. The molecule has 3 unspecified atom stereocenters. The van der Waals surface area contributed by atoms with Crippen molar-refractivity contribution >= 4 is 72.6 Å². The Morgan fingerprint density at radius 2 is 1.42 bits per heavy atom. The van der Waals surface area contributed by atoms with Crippen LogP contribution in [0.15, 0.2) is 27.3 Å². The lowest BCUT2D eigenvalue weighted by molar-refractivity contribution is -0.146. The predicted molar refractivity (Wildman–Crippen MR) is 191 cm³/mol. The minimum atomic E-state index is -1.36. The number of phenolic OH excluding ortho intramolecular Hbond substituents is 1. The summed E-state index contributed by atoms with van der Waals surface area (Å²) >= 11 is 0. The molecule has 5 aromatic carbocycles. The maximum absolute atomic E-state index is 14.7. The maximum Gasteiger partial charge on any atom is 0.330 e. The molecule has 6 rings (SSSR count). The van der Waals surface area contributed by atoms with Crippen LogP contribution >= 0.6 is 0 Å². The fraction of sp³-hybridized carbons (Fsp3) is 0.342. The zero-order valence-corrected chi connectivity index (χ0v) is 29.0. The van der Waals surface area contributed by atoms with Crippen molar-refractivity contribution in [2.24, 2.45) is 5.92 Å². The van der Waals surface area contributed by atoms with Crippen molar-refractivity contribution in [1.29, 1.82) is 0 Å². The lowest BCUT2D eigenvalue weighted by atomic mass is 9.78. The molecular formula is C38H37NO13. The molecule has 0 saturated heterocycles. The monoisotopic (exact) mass is 715 g/mol. The largest absolute Gasteiger partial charge is 0.507 e. The zero-order valence-electron chi connectivity index (χ0n) is 29.0. The average molecular weight is 716 g/mol. The number of carbonyl (C=O) groups is 3. The van der Waals surface area contributed by atoms with Crippen LogP contribution in [-0.2, 0) is 43.5 Å². The van der Waals surface area contributed by atoms with E-state index < -0.39 is 72.9 Å². The van der Waals surface area contributed by atoms with Crippen LogP contribution in [0.4, 0.5) is 5.69 Å². The molecule has 1 aliphatic rings. The quantitative estimate of drug-likeness (QED) is 0.0617. The number of aromatic hydroxyl groups is 1. The first-order valence-corrected chi connectivity index (χ1v) is 16.3. The van der Waals surface area contributed by atoms with Gasteiger partial charge in [0.05, 0.1) is 70.4 Å². The van der Waals surface area contributed by atoms with E-state index in [9.17, 15) is 49.5 Å². The van der Waals surface area contributed by atoms with Crippen molar-refractivity contribution in [3.63, 3.8) is 0 Å². The fourth-order valence-corrected chi connectivity index (χ4v) is 7.97. The van der Waals surface area contributed by atoms with Gasteiger partial charge in [-0.1, -0.05) is 11.6 Å². The summed E-state index contributed by atoms with van der Waals surface area (Å²) in [4.78, 5) is 67.8. The number of hydrogen-bond acceptors (Lipinski definition) is 14. The van der Waals surface area contributed by atoms with Crippen LogP contribution in [0.5, 0.6) is 11.5 Å². The van der Waals surface area contributed by atoms with Gasteiger partial charge >= 0.3 is 11.9 Å². The van der Waals surface area contributed by atoms with Crippen molar-refractivity contribution < 1.29 is 54.1 Å². The first-order valence-electron chi connectivity index (χ1n) is 16.3. The van der Waals surface area contributed by atoms with E-state index in [1.807, 2.05) is 0 Å². The molecule has 52 heavy (non-hydrogen) atoms. The third-order valence-corrected chi connectivity index (χ3v) is 10.1. The zero-order chi connectivity index (χ0) is 37.9. The highest BCUT2D eigenvalue weighted by Crippen LogP contribution is 2.54. The first-order chi connectivity index (χ1) is 24.8. The molecule has 0 spiro atoms. The molecule has 0 radical (unpaired) electrons. The minimum absolute atomic E-state index is 0.00364. The molecule has 0 aromatic heterocycles. The van der Waals surface area contributed by atoms with E-state index in [0.717, 1.165) is 20.3 Å². The van der Waals surface area contributed by atoms with Crippen molar-refractivity contribution in [2.45, 2.75) is 45.4 Å². The van der Waals surface area contributed by atoms with Crippen molar-refractivity contribution in [1.82, 2.24) is 0 Å². The van der Waals surface area contributed by atoms with Gasteiger partial charge in [-0.15, -0.1) is 0 Å². The van der Waals surface area contributed by atoms with Crippen LogP contribution in [0.3, 0.4) is 0 Å².